The van der Waals surface area contributed by atoms with E-state index in [0.717, 1.165) is 12.8 Å². The third-order valence-corrected chi connectivity index (χ3v) is 3.19. The van der Waals surface area contributed by atoms with Gasteiger partial charge in [0.2, 0.25) is 0 Å². The Morgan fingerprint density at radius 2 is 2.31 bits per heavy atom. The van der Waals surface area contributed by atoms with E-state index in [0.29, 0.717) is 12.5 Å². The second-order valence-electron chi connectivity index (χ2n) is 4.78. The summed E-state index contributed by atoms with van der Waals surface area (Å²) >= 11 is 0. The number of hydrogen-bond donors (Lipinski definition) is 1. The maximum Gasteiger partial charge on any atom is 0.130 e. The Bertz CT molecular complexity index is 398. The SMILES string of the molecule is CC(=O)CCc1ccc2c(c1)NC(C)CC2. The van der Waals surface area contributed by atoms with Crippen LogP contribution in [0.2, 0.25) is 0 Å². The molecule has 0 bridgehead atoms. The standard InChI is InChI=1S/C14H19NO/c1-10-3-7-13-8-6-12(5-4-11(2)16)9-14(13)15-10/h6,8-10,15H,3-5,7H2,1-2H3. The second-order valence-corrected chi connectivity index (χ2v) is 4.78. The molecule has 0 spiro atoms. The first-order chi connectivity index (χ1) is 7.65. The van der Waals surface area contributed by atoms with Crippen LogP contribution in [0.1, 0.15) is 37.8 Å². The predicted octanol–water partition coefficient (Wildman–Crippen LogP) is 2.95. The van der Waals surface area contributed by atoms with Crippen molar-refractivity contribution in [3.05, 3.63) is 29.3 Å². The van der Waals surface area contributed by atoms with Crippen molar-refractivity contribution in [1.29, 1.82) is 0 Å². The van der Waals surface area contributed by atoms with E-state index in [2.05, 4.69) is 30.4 Å². The van der Waals surface area contributed by atoms with E-state index in [1.54, 1.807) is 6.92 Å². The van der Waals surface area contributed by atoms with E-state index in [4.69, 9.17) is 0 Å². The fourth-order valence-corrected chi connectivity index (χ4v) is 2.16. The number of ketones is 1. The van der Waals surface area contributed by atoms with Crippen molar-refractivity contribution in [3.63, 3.8) is 0 Å². The highest BCUT2D eigenvalue weighted by Crippen LogP contribution is 2.26. The van der Waals surface area contributed by atoms with Crippen LogP contribution >= 0.6 is 0 Å². The maximum absolute atomic E-state index is 10.9. The Kier molecular flexibility index (Phi) is 3.28. The fourth-order valence-electron chi connectivity index (χ4n) is 2.16. The van der Waals surface area contributed by atoms with E-state index in [1.165, 1.54) is 23.2 Å². The molecular weight excluding hydrogens is 198 g/mol. The van der Waals surface area contributed by atoms with Crippen molar-refractivity contribution in [2.75, 3.05) is 5.32 Å². The zero-order valence-electron chi connectivity index (χ0n) is 10.0. The number of anilines is 1. The first kappa shape index (κ1) is 11.2. The quantitative estimate of drug-likeness (QED) is 0.843. The molecule has 0 fully saturated rings. The molecule has 1 aromatic carbocycles. The molecule has 2 nitrogen and oxygen atoms in total. The van der Waals surface area contributed by atoms with Gasteiger partial charge in [0, 0.05) is 18.2 Å². The summed E-state index contributed by atoms with van der Waals surface area (Å²) in [5.41, 5.74) is 3.93. The van der Waals surface area contributed by atoms with Gasteiger partial charge < -0.3 is 10.1 Å². The van der Waals surface area contributed by atoms with E-state index in [9.17, 15) is 4.79 Å². The van der Waals surface area contributed by atoms with Gasteiger partial charge in [0.1, 0.15) is 5.78 Å². The van der Waals surface area contributed by atoms with Crippen LogP contribution in [0.15, 0.2) is 18.2 Å². The smallest absolute Gasteiger partial charge is 0.130 e. The van der Waals surface area contributed by atoms with Gasteiger partial charge in [-0.15, -0.1) is 0 Å². The fraction of sp³-hybridized carbons (Fsp3) is 0.500. The Balaban J connectivity index is 2.11. The number of carbonyl (C=O) groups is 1. The molecular formula is C14H19NO. The van der Waals surface area contributed by atoms with Crippen molar-refractivity contribution < 1.29 is 4.79 Å². The first-order valence-electron chi connectivity index (χ1n) is 6.03. The van der Waals surface area contributed by atoms with E-state index >= 15 is 0 Å². The van der Waals surface area contributed by atoms with Crippen molar-refractivity contribution >= 4 is 11.5 Å². The Labute approximate surface area is 97.1 Å². The zero-order chi connectivity index (χ0) is 11.5. The van der Waals surface area contributed by atoms with Crippen LogP contribution in [0.5, 0.6) is 0 Å². The molecule has 0 aliphatic carbocycles. The largest absolute Gasteiger partial charge is 0.382 e. The summed E-state index contributed by atoms with van der Waals surface area (Å²) < 4.78 is 0. The van der Waals surface area contributed by atoms with Crippen molar-refractivity contribution in [2.45, 2.75) is 45.6 Å². The van der Waals surface area contributed by atoms with Crippen LogP contribution in [0.25, 0.3) is 0 Å². The molecule has 1 atom stereocenters. The molecule has 1 N–H and O–H groups in total. The summed E-state index contributed by atoms with van der Waals surface area (Å²) in [6, 6.07) is 7.12. The minimum atomic E-state index is 0.263. The molecule has 2 heteroatoms. The van der Waals surface area contributed by atoms with Gasteiger partial charge >= 0.3 is 0 Å². The van der Waals surface area contributed by atoms with Crippen LogP contribution in [-0.4, -0.2) is 11.8 Å². The highest BCUT2D eigenvalue weighted by molar-refractivity contribution is 5.75. The number of Topliss-reactive ketones (excluding diaryl/α,β-unsaturated/α-hetero) is 1. The highest BCUT2D eigenvalue weighted by atomic mass is 16.1. The Hall–Kier alpha value is -1.31. The number of nitrogens with one attached hydrogen (secondary N) is 1. The summed E-state index contributed by atoms with van der Waals surface area (Å²) in [6.07, 6.45) is 3.88. The average Bonchev–Trinajstić information content (AvgIpc) is 2.25. The van der Waals surface area contributed by atoms with E-state index < -0.39 is 0 Å². The lowest BCUT2D eigenvalue weighted by atomic mass is 9.96. The summed E-state index contributed by atoms with van der Waals surface area (Å²) in [5, 5.41) is 3.50. The number of hydrogen-bond acceptors (Lipinski definition) is 2. The molecule has 0 aromatic heterocycles. The molecule has 1 aliphatic heterocycles. The molecule has 0 radical (unpaired) electrons. The summed E-state index contributed by atoms with van der Waals surface area (Å²) in [5.74, 6) is 0.263. The van der Waals surface area contributed by atoms with Gasteiger partial charge in [0.25, 0.3) is 0 Å². The van der Waals surface area contributed by atoms with Crippen LogP contribution in [-0.2, 0) is 17.6 Å². The number of carbonyl (C=O) groups excluding carboxylic acids is 1. The lowest BCUT2D eigenvalue weighted by Crippen LogP contribution is -2.21. The second kappa shape index (κ2) is 4.69. The van der Waals surface area contributed by atoms with Crippen LogP contribution in [0.3, 0.4) is 0 Å². The van der Waals surface area contributed by atoms with Gasteiger partial charge in [-0.25, -0.2) is 0 Å². The third-order valence-electron chi connectivity index (χ3n) is 3.19. The summed E-state index contributed by atoms with van der Waals surface area (Å²) in [4.78, 5) is 10.9. The van der Waals surface area contributed by atoms with Gasteiger partial charge in [0.15, 0.2) is 0 Å². The third kappa shape index (κ3) is 2.63. The normalized spacial score (nSPS) is 18.8. The van der Waals surface area contributed by atoms with Gasteiger partial charge in [-0.1, -0.05) is 12.1 Å². The minimum absolute atomic E-state index is 0.263. The van der Waals surface area contributed by atoms with Crippen molar-refractivity contribution in [2.24, 2.45) is 0 Å². The maximum atomic E-state index is 10.9. The van der Waals surface area contributed by atoms with Crippen LogP contribution < -0.4 is 5.32 Å². The first-order valence-corrected chi connectivity index (χ1v) is 6.03. The predicted molar refractivity (Wildman–Crippen MR) is 66.8 cm³/mol. The van der Waals surface area contributed by atoms with E-state index in [1.807, 2.05) is 0 Å². The molecule has 0 amide bonds. The zero-order valence-corrected chi connectivity index (χ0v) is 10.0. The Morgan fingerprint density at radius 1 is 1.50 bits per heavy atom. The number of aryl methyl sites for hydroxylation is 2. The van der Waals surface area contributed by atoms with E-state index in [-0.39, 0.29) is 5.78 Å². The number of rotatable bonds is 3. The molecule has 0 saturated heterocycles. The molecule has 1 aliphatic rings. The summed E-state index contributed by atoms with van der Waals surface area (Å²) in [6.45, 7) is 3.86. The molecule has 2 rings (SSSR count). The Morgan fingerprint density at radius 3 is 3.06 bits per heavy atom. The molecule has 16 heavy (non-hydrogen) atoms. The van der Waals surface area contributed by atoms with Gasteiger partial charge in [0.05, 0.1) is 0 Å². The number of benzene rings is 1. The molecule has 1 heterocycles. The number of fused-ring (bicyclic) bond motifs is 1. The molecule has 1 unspecified atom stereocenters. The van der Waals surface area contributed by atoms with Crippen LogP contribution in [0.4, 0.5) is 5.69 Å². The molecule has 86 valence electrons. The van der Waals surface area contributed by atoms with Crippen molar-refractivity contribution in [3.8, 4) is 0 Å². The topological polar surface area (TPSA) is 29.1 Å². The molecule has 0 saturated carbocycles. The van der Waals surface area contributed by atoms with Gasteiger partial charge in [-0.3, -0.25) is 0 Å². The minimum Gasteiger partial charge on any atom is -0.382 e. The summed E-state index contributed by atoms with van der Waals surface area (Å²) in [7, 11) is 0. The molecule has 1 aromatic rings. The van der Waals surface area contributed by atoms with Gasteiger partial charge in [-0.2, -0.15) is 0 Å². The monoisotopic (exact) mass is 217 g/mol. The lowest BCUT2D eigenvalue weighted by Gasteiger charge is -2.24. The van der Waals surface area contributed by atoms with Crippen molar-refractivity contribution in [1.82, 2.24) is 0 Å². The lowest BCUT2D eigenvalue weighted by molar-refractivity contribution is -0.116. The highest BCUT2D eigenvalue weighted by Gasteiger charge is 2.13. The van der Waals surface area contributed by atoms with Gasteiger partial charge in [-0.05, 0) is 50.3 Å². The van der Waals surface area contributed by atoms with Crippen LogP contribution in [0, 0.1) is 0 Å². The average molecular weight is 217 g/mol.